The Morgan fingerprint density at radius 2 is 1.61 bits per heavy atom. The number of hydrogen-bond acceptors (Lipinski definition) is 5. The number of hydrogen-bond donors (Lipinski definition) is 2. The van der Waals surface area contributed by atoms with E-state index in [0.29, 0.717) is 21.4 Å². The summed E-state index contributed by atoms with van der Waals surface area (Å²) >= 11 is 1.13. The Labute approximate surface area is 162 Å². The number of halogens is 3. The lowest BCUT2D eigenvalue weighted by atomic mass is 10.3. The maximum atomic E-state index is 13.2. The average molecular weight is 408 g/mol. The molecule has 1 aromatic heterocycles. The summed E-state index contributed by atoms with van der Waals surface area (Å²) in [6, 6.07) is 6.80. The van der Waals surface area contributed by atoms with E-state index in [1.54, 1.807) is 7.05 Å². The van der Waals surface area contributed by atoms with Gasteiger partial charge in [-0.2, -0.15) is 0 Å². The molecule has 0 aliphatic carbocycles. The molecule has 28 heavy (non-hydrogen) atoms. The van der Waals surface area contributed by atoms with Gasteiger partial charge in [-0.05, 0) is 37.4 Å². The van der Waals surface area contributed by atoms with Gasteiger partial charge >= 0.3 is 0 Å². The Balaban J connectivity index is 1.52. The van der Waals surface area contributed by atoms with Crippen molar-refractivity contribution in [2.24, 2.45) is 0 Å². The molecule has 6 nitrogen and oxygen atoms in total. The fraction of sp³-hybridized carbons (Fsp3) is 0.167. The lowest BCUT2D eigenvalue weighted by Gasteiger charge is -2.15. The van der Waals surface area contributed by atoms with Crippen molar-refractivity contribution in [2.45, 2.75) is 0 Å². The summed E-state index contributed by atoms with van der Waals surface area (Å²) < 4.78 is 40.1. The number of fused-ring (bicyclic) bond motifs is 1. The molecule has 2 aromatic carbocycles. The van der Waals surface area contributed by atoms with Crippen LogP contribution in [0.3, 0.4) is 0 Å². The SMILES string of the molecule is CN(CC(=O)Nc1cc(F)cc(F)c1)CC(=O)Nc1nc2ccc(F)cc2s1. The number of aromatic nitrogens is 1. The third kappa shape index (κ3) is 5.27. The van der Waals surface area contributed by atoms with Crippen LogP contribution >= 0.6 is 11.3 Å². The van der Waals surface area contributed by atoms with Gasteiger partial charge in [0, 0.05) is 11.8 Å². The first-order valence-electron chi connectivity index (χ1n) is 8.09. The molecular weight excluding hydrogens is 393 g/mol. The highest BCUT2D eigenvalue weighted by atomic mass is 32.1. The zero-order valence-electron chi connectivity index (χ0n) is 14.6. The molecule has 2 N–H and O–H groups in total. The van der Waals surface area contributed by atoms with Crippen molar-refractivity contribution in [3.05, 3.63) is 53.8 Å². The Kier molecular flexibility index (Phi) is 5.90. The largest absolute Gasteiger partial charge is 0.325 e. The molecule has 0 bridgehead atoms. The minimum atomic E-state index is -0.807. The summed E-state index contributed by atoms with van der Waals surface area (Å²) in [6.07, 6.45) is 0. The number of nitrogens with zero attached hydrogens (tertiary/aromatic N) is 2. The Hall–Kier alpha value is -2.98. The normalized spacial score (nSPS) is 11.0. The predicted molar refractivity (Wildman–Crippen MR) is 101 cm³/mol. The summed E-state index contributed by atoms with van der Waals surface area (Å²) in [4.78, 5) is 29.7. The highest BCUT2D eigenvalue weighted by Crippen LogP contribution is 2.26. The zero-order valence-corrected chi connectivity index (χ0v) is 15.4. The molecule has 0 atom stereocenters. The molecule has 0 spiro atoms. The van der Waals surface area contributed by atoms with Crippen molar-refractivity contribution in [3.63, 3.8) is 0 Å². The third-order valence-electron chi connectivity index (χ3n) is 3.57. The summed E-state index contributed by atoms with van der Waals surface area (Å²) in [6.45, 7) is -0.286. The molecule has 146 valence electrons. The van der Waals surface area contributed by atoms with Gasteiger partial charge in [-0.15, -0.1) is 0 Å². The van der Waals surface area contributed by atoms with E-state index in [0.717, 1.165) is 23.5 Å². The molecule has 0 saturated heterocycles. The number of anilines is 2. The molecule has 0 fully saturated rings. The van der Waals surface area contributed by atoms with E-state index in [4.69, 9.17) is 0 Å². The molecule has 10 heteroatoms. The fourth-order valence-corrected chi connectivity index (χ4v) is 3.39. The number of rotatable bonds is 6. The van der Waals surface area contributed by atoms with Crippen LogP contribution in [0.25, 0.3) is 10.2 Å². The van der Waals surface area contributed by atoms with Gasteiger partial charge < -0.3 is 10.6 Å². The lowest BCUT2D eigenvalue weighted by Crippen LogP contribution is -2.36. The predicted octanol–water partition coefficient (Wildman–Crippen LogP) is 3.22. The van der Waals surface area contributed by atoms with Gasteiger partial charge in [-0.3, -0.25) is 14.5 Å². The molecule has 0 saturated carbocycles. The van der Waals surface area contributed by atoms with E-state index in [1.165, 1.54) is 23.1 Å². The van der Waals surface area contributed by atoms with Crippen molar-refractivity contribution in [1.29, 1.82) is 0 Å². The summed E-state index contributed by atoms with van der Waals surface area (Å²) in [5.41, 5.74) is 0.554. The number of carbonyl (C=O) groups is 2. The van der Waals surface area contributed by atoms with Crippen LogP contribution in [0.1, 0.15) is 0 Å². The van der Waals surface area contributed by atoms with Crippen molar-refractivity contribution in [1.82, 2.24) is 9.88 Å². The first-order valence-corrected chi connectivity index (χ1v) is 8.90. The minimum absolute atomic E-state index is 0.0120. The molecule has 2 amide bonds. The molecule has 0 unspecified atom stereocenters. The van der Waals surface area contributed by atoms with Gasteiger partial charge in [-0.25, -0.2) is 18.2 Å². The molecule has 0 radical (unpaired) electrons. The molecular formula is C18H15F3N4O2S. The van der Waals surface area contributed by atoms with Gasteiger partial charge in [0.05, 0.1) is 23.3 Å². The van der Waals surface area contributed by atoms with Gasteiger partial charge in [0.1, 0.15) is 17.5 Å². The van der Waals surface area contributed by atoms with Crippen molar-refractivity contribution in [3.8, 4) is 0 Å². The van der Waals surface area contributed by atoms with Crippen molar-refractivity contribution < 1.29 is 22.8 Å². The number of benzene rings is 2. The van der Waals surface area contributed by atoms with E-state index in [1.807, 2.05) is 0 Å². The summed E-state index contributed by atoms with van der Waals surface area (Å²) in [7, 11) is 1.54. The second-order valence-corrected chi connectivity index (χ2v) is 7.09. The quantitative estimate of drug-likeness (QED) is 0.657. The van der Waals surface area contributed by atoms with E-state index in [9.17, 15) is 22.8 Å². The number of thiazole rings is 1. The van der Waals surface area contributed by atoms with Gasteiger partial charge in [-0.1, -0.05) is 11.3 Å². The van der Waals surface area contributed by atoms with Crippen LogP contribution in [-0.4, -0.2) is 41.8 Å². The smallest absolute Gasteiger partial charge is 0.240 e. The lowest BCUT2D eigenvalue weighted by molar-refractivity contribution is -0.119. The minimum Gasteiger partial charge on any atom is -0.325 e. The van der Waals surface area contributed by atoms with Gasteiger partial charge in [0.15, 0.2) is 5.13 Å². The molecule has 3 aromatic rings. The molecule has 0 aliphatic heterocycles. The number of likely N-dealkylation sites (N-methyl/N-ethyl adjacent to an activating group) is 1. The van der Waals surface area contributed by atoms with Crippen LogP contribution < -0.4 is 10.6 Å². The second kappa shape index (κ2) is 8.36. The molecule has 1 heterocycles. The van der Waals surface area contributed by atoms with E-state index < -0.39 is 29.3 Å². The maximum absolute atomic E-state index is 13.2. The third-order valence-corrected chi connectivity index (χ3v) is 4.50. The van der Waals surface area contributed by atoms with Crippen LogP contribution in [0, 0.1) is 17.5 Å². The van der Waals surface area contributed by atoms with E-state index >= 15 is 0 Å². The first-order chi connectivity index (χ1) is 13.3. The van der Waals surface area contributed by atoms with Crippen LogP contribution in [0.2, 0.25) is 0 Å². The second-order valence-electron chi connectivity index (χ2n) is 6.06. The van der Waals surface area contributed by atoms with Crippen molar-refractivity contribution in [2.75, 3.05) is 30.8 Å². The Bertz CT molecular complexity index is 1020. The van der Waals surface area contributed by atoms with Crippen molar-refractivity contribution >= 4 is 44.2 Å². The number of amides is 2. The first kappa shape index (κ1) is 19.8. The summed E-state index contributed by atoms with van der Waals surface area (Å²) in [5, 5.41) is 5.27. The summed E-state index contributed by atoms with van der Waals surface area (Å²) in [5.74, 6) is -2.95. The van der Waals surface area contributed by atoms with E-state index in [2.05, 4.69) is 15.6 Å². The number of carbonyl (C=O) groups excluding carboxylic acids is 2. The zero-order chi connectivity index (χ0) is 20.3. The van der Waals surface area contributed by atoms with Gasteiger partial charge in [0.25, 0.3) is 0 Å². The molecule has 0 aliphatic rings. The van der Waals surface area contributed by atoms with Crippen LogP contribution in [0.4, 0.5) is 24.0 Å². The van der Waals surface area contributed by atoms with E-state index in [-0.39, 0.29) is 18.8 Å². The highest BCUT2D eigenvalue weighted by molar-refractivity contribution is 7.22. The number of nitrogens with one attached hydrogen (secondary N) is 2. The maximum Gasteiger partial charge on any atom is 0.240 e. The fourth-order valence-electron chi connectivity index (χ4n) is 2.48. The standard InChI is InChI=1S/C18H15F3N4O2S/c1-25(8-16(26)22-13-5-11(20)4-12(21)6-13)9-17(27)24-18-23-14-3-2-10(19)7-15(14)28-18/h2-7H,8-9H2,1H3,(H,22,26)(H,23,24,27). The van der Waals surface area contributed by atoms with Crippen LogP contribution in [0.5, 0.6) is 0 Å². The monoisotopic (exact) mass is 408 g/mol. The Morgan fingerprint density at radius 1 is 0.964 bits per heavy atom. The van der Waals surface area contributed by atoms with Crippen LogP contribution in [-0.2, 0) is 9.59 Å². The molecule has 3 rings (SSSR count). The van der Waals surface area contributed by atoms with Crippen LogP contribution in [0.15, 0.2) is 36.4 Å². The Morgan fingerprint density at radius 3 is 2.29 bits per heavy atom. The van der Waals surface area contributed by atoms with Gasteiger partial charge in [0.2, 0.25) is 11.8 Å². The average Bonchev–Trinajstić information content (AvgIpc) is 2.94. The highest BCUT2D eigenvalue weighted by Gasteiger charge is 2.14. The topological polar surface area (TPSA) is 74.3 Å².